The van der Waals surface area contributed by atoms with Crippen molar-refractivity contribution in [2.75, 3.05) is 12.3 Å². The van der Waals surface area contributed by atoms with Gasteiger partial charge in [0.2, 0.25) is 5.91 Å². The molecule has 26 heavy (non-hydrogen) atoms. The normalized spacial score (nSPS) is 10.6. The van der Waals surface area contributed by atoms with Crippen LogP contribution < -0.4 is 5.32 Å². The van der Waals surface area contributed by atoms with Gasteiger partial charge < -0.3 is 9.88 Å². The lowest BCUT2D eigenvalue weighted by Crippen LogP contribution is -2.29. The molecule has 0 saturated heterocycles. The number of nitrogens with one attached hydrogen (secondary N) is 1. The Kier molecular flexibility index (Phi) is 5.98. The van der Waals surface area contributed by atoms with E-state index in [1.54, 1.807) is 11.8 Å². The van der Waals surface area contributed by atoms with Crippen LogP contribution in [0.2, 0.25) is 0 Å². The number of nitrogens with zero attached hydrogens (tertiary/aromatic N) is 2. The molecule has 132 valence electrons. The van der Waals surface area contributed by atoms with Crippen LogP contribution in [0.4, 0.5) is 0 Å². The van der Waals surface area contributed by atoms with Crippen molar-refractivity contribution in [2.45, 2.75) is 19.2 Å². The standard InChI is InChI=1S/C21H21N3OS/c1-16-12-17-6-4-5-9-20(17)24(16)14-21(25)23-10-11-26-15-19-8-3-2-7-18(19)13-22/h2-9,12H,10-11,14-15H2,1H3,(H,23,25). The van der Waals surface area contributed by atoms with Crippen LogP contribution in [-0.2, 0) is 17.1 Å². The van der Waals surface area contributed by atoms with Crippen molar-refractivity contribution in [2.24, 2.45) is 0 Å². The first-order valence-electron chi connectivity index (χ1n) is 8.56. The van der Waals surface area contributed by atoms with Crippen LogP contribution in [0.5, 0.6) is 0 Å². The molecule has 1 heterocycles. The molecular weight excluding hydrogens is 342 g/mol. The van der Waals surface area contributed by atoms with Gasteiger partial charge in [-0.2, -0.15) is 17.0 Å². The maximum Gasteiger partial charge on any atom is 0.239 e. The summed E-state index contributed by atoms with van der Waals surface area (Å²) in [5, 5.41) is 13.2. The highest BCUT2D eigenvalue weighted by Gasteiger charge is 2.09. The summed E-state index contributed by atoms with van der Waals surface area (Å²) >= 11 is 1.72. The van der Waals surface area contributed by atoms with Crippen molar-refractivity contribution in [3.63, 3.8) is 0 Å². The van der Waals surface area contributed by atoms with Gasteiger partial charge in [0.05, 0.1) is 11.6 Å². The number of hydrogen-bond acceptors (Lipinski definition) is 3. The van der Waals surface area contributed by atoms with E-state index < -0.39 is 0 Å². The van der Waals surface area contributed by atoms with E-state index in [-0.39, 0.29) is 5.91 Å². The number of carbonyl (C=O) groups is 1. The summed E-state index contributed by atoms with van der Waals surface area (Å²) in [5.74, 6) is 1.62. The average molecular weight is 363 g/mol. The van der Waals surface area contributed by atoms with Gasteiger partial charge in [-0.05, 0) is 36.1 Å². The van der Waals surface area contributed by atoms with Gasteiger partial charge in [0.25, 0.3) is 0 Å². The Bertz CT molecular complexity index is 955. The maximum atomic E-state index is 12.3. The van der Waals surface area contributed by atoms with Crippen LogP contribution >= 0.6 is 11.8 Å². The zero-order chi connectivity index (χ0) is 18.4. The van der Waals surface area contributed by atoms with Gasteiger partial charge in [-0.15, -0.1) is 0 Å². The lowest BCUT2D eigenvalue weighted by Gasteiger charge is -2.09. The van der Waals surface area contributed by atoms with Crippen LogP contribution in [-0.4, -0.2) is 22.8 Å². The molecule has 0 unspecified atom stereocenters. The molecule has 3 aromatic rings. The Morgan fingerprint density at radius 2 is 1.96 bits per heavy atom. The molecule has 1 amide bonds. The summed E-state index contributed by atoms with van der Waals surface area (Å²) in [6.07, 6.45) is 0. The molecule has 0 aliphatic rings. The lowest BCUT2D eigenvalue weighted by atomic mass is 10.1. The van der Waals surface area contributed by atoms with E-state index in [2.05, 4.69) is 23.5 Å². The molecule has 0 spiro atoms. The number of para-hydroxylation sites is 1. The molecule has 3 rings (SSSR count). The molecule has 0 saturated carbocycles. The van der Waals surface area contributed by atoms with E-state index in [0.29, 0.717) is 13.1 Å². The number of nitriles is 1. The van der Waals surface area contributed by atoms with Gasteiger partial charge >= 0.3 is 0 Å². The monoisotopic (exact) mass is 363 g/mol. The Labute approximate surface area is 157 Å². The molecule has 4 nitrogen and oxygen atoms in total. The van der Waals surface area contributed by atoms with Crippen molar-refractivity contribution in [3.8, 4) is 6.07 Å². The summed E-state index contributed by atoms with van der Waals surface area (Å²) in [4.78, 5) is 12.3. The van der Waals surface area contributed by atoms with Crippen LogP contribution in [0.25, 0.3) is 10.9 Å². The van der Waals surface area contributed by atoms with Gasteiger partial charge in [-0.25, -0.2) is 0 Å². The van der Waals surface area contributed by atoms with Gasteiger partial charge in [0, 0.05) is 29.3 Å². The first kappa shape index (κ1) is 18.1. The minimum Gasteiger partial charge on any atom is -0.354 e. The molecule has 0 aliphatic heterocycles. The number of hydrogen-bond donors (Lipinski definition) is 1. The number of fused-ring (bicyclic) bond motifs is 1. The lowest BCUT2D eigenvalue weighted by molar-refractivity contribution is -0.121. The molecule has 1 N–H and O–H groups in total. The minimum atomic E-state index is 0.0208. The third-order valence-corrected chi connectivity index (χ3v) is 5.29. The second-order valence-electron chi connectivity index (χ2n) is 6.10. The fourth-order valence-corrected chi connectivity index (χ4v) is 3.82. The number of benzene rings is 2. The summed E-state index contributed by atoms with van der Waals surface area (Å²) < 4.78 is 2.04. The largest absolute Gasteiger partial charge is 0.354 e. The predicted octanol–water partition coefficient (Wildman–Crippen LogP) is 3.87. The Balaban J connectivity index is 1.46. The number of amides is 1. The van der Waals surface area contributed by atoms with Crippen LogP contribution in [0.15, 0.2) is 54.6 Å². The molecule has 0 radical (unpaired) electrons. The average Bonchev–Trinajstić information content (AvgIpc) is 2.97. The second kappa shape index (κ2) is 8.59. The van der Waals surface area contributed by atoms with Crippen molar-refractivity contribution in [1.82, 2.24) is 9.88 Å². The van der Waals surface area contributed by atoms with E-state index >= 15 is 0 Å². The Hall–Kier alpha value is -2.71. The molecule has 1 aromatic heterocycles. The second-order valence-corrected chi connectivity index (χ2v) is 7.21. The third kappa shape index (κ3) is 4.27. The number of rotatable bonds is 7. The van der Waals surface area contributed by atoms with Crippen LogP contribution in [0, 0.1) is 18.3 Å². The molecule has 0 atom stereocenters. The highest BCUT2D eigenvalue weighted by Crippen LogP contribution is 2.19. The summed E-state index contributed by atoms with van der Waals surface area (Å²) in [5.41, 5.74) is 3.94. The van der Waals surface area contributed by atoms with Crippen molar-refractivity contribution in [3.05, 3.63) is 71.4 Å². The molecule has 5 heteroatoms. The Morgan fingerprint density at radius 3 is 2.81 bits per heavy atom. The number of aromatic nitrogens is 1. The van der Waals surface area contributed by atoms with E-state index in [9.17, 15) is 4.79 Å². The third-order valence-electron chi connectivity index (χ3n) is 4.28. The molecule has 2 aromatic carbocycles. The molecular formula is C21H21N3OS. The summed E-state index contributed by atoms with van der Waals surface area (Å²) in [7, 11) is 0. The first-order valence-corrected chi connectivity index (χ1v) is 9.72. The molecule has 0 bridgehead atoms. The Morgan fingerprint density at radius 1 is 1.19 bits per heavy atom. The topological polar surface area (TPSA) is 57.8 Å². The van der Waals surface area contributed by atoms with Crippen molar-refractivity contribution < 1.29 is 4.79 Å². The van der Waals surface area contributed by atoms with Crippen LogP contribution in [0.3, 0.4) is 0 Å². The quantitative estimate of drug-likeness (QED) is 0.648. The summed E-state index contributed by atoms with van der Waals surface area (Å²) in [6.45, 7) is 2.98. The number of aryl methyl sites for hydroxylation is 1. The van der Waals surface area contributed by atoms with Crippen molar-refractivity contribution in [1.29, 1.82) is 5.26 Å². The number of carbonyl (C=O) groups excluding carboxylic acids is 1. The zero-order valence-corrected chi connectivity index (χ0v) is 15.6. The van der Waals surface area contributed by atoms with Crippen LogP contribution in [0.1, 0.15) is 16.8 Å². The number of thioether (sulfide) groups is 1. The van der Waals surface area contributed by atoms with E-state index in [4.69, 9.17) is 5.26 Å². The van der Waals surface area contributed by atoms with E-state index in [1.807, 2.05) is 54.0 Å². The highest BCUT2D eigenvalue weighted by atomic mass is 32.2. The smallest absolute Gasteiger partial charge is 0.239 e. The SMILES string of the molecule is Cc1cc2ccccc2n1CC(=O)NCCSCc1ccccc1C#N. The maximum absolute atomic E-state index is 12.3. The van der Waals surface area contributed by atoms with E-state index in [0.717, 1.165) is 39.2 Å². The fraction of sp³-hybridized carbons (Fsp3) is 0.238. The van der Waals surface area contributed by atoms with Gasteiger partial charge in [-0.1, -0.05) is 36.4 Å². The molecule has 0 fully saturated rings. The van der Waals surface area contributed by atoms with Crippen molar-refractivity contribution >= 4 is 28.6 Å². The molecule has 0 aliphatic carbocycles. The highest BCUT2D eigenvalue weighted by molar-refractivity contribution is 7.98. The van der Waals surface area contributed by atoms with Gasteiger partial charge in [-0.3, -0.25) is 4.79 Å². The van der Waals surface area contributed by atoms with Gasteiger partial charge in [0.15, 0.2) is 0 Å². The van der Waals surface area contributed by atoms with Gasteiger partial charge in [0.1, 0.15) is 6.54 Å². The summed E-state index contributed by atoms with van der Waals surface area (Å²) in [6, 6.07) is 20.0. The zero-order valence-electron chi connectivity index (χ0n) is 14.7. The van der Waals surface area contributed by atoms with E-state index in [1.165, 1.54) is 0 Å². The minimum absolute atomic E-state index is 0.0208. The fourth-order valence-electron chi connectivity index (χ4n) is 2.96. The first-order chi connectivity index (χ1) is 12.7. The predicted molar refractivity (Wildman–Crippen MR) is 107 cm³/mol.